The predicted octanol–water partition coefficient (Wildman–Crippen LogP) is 4.52. The fourth-order valence-electron chi connectivity index (χ4n) is 3.01. The molecule has 0 spiro atoms. The van der Waals surface area contributed by atoms with E-state index >= 15 is 0 Å². The first-order valence-corrected chi connectivity index (χ1v) is 10.1. The van der Waals surface area contributed by atoms with Crippen molar-refractivity contribution < 1.29 is 31.9 Å². The number of methoxy groups -OCH3 is 1. The number of nitrogens with zero attached hydrogens (tertiary/aromatic N) is 2. The molecule has 1 aromatic carbocycles. The highest BCUT2D eigenvalue weighted by Gasteiger charge is 2.34. The van der Waals surface area contributed by atoms with Crippen LogP contribution in [0.25, 0.3) is 0 Å². The van der Waals surface area contributed by atoms with Gasteiger partial charge >= 0.3 is 12.2 Å². The maximum Gasteiger partial charge on any atom is 0.418 e. The minimum atomic E-state index is -4.62. The number of anilines is 1. The van der Waals surface area contributed by atoms with E-state index in [2.05, 4.69) is 5.32 Å². The summed E-state index contributed by atoms with van der Waals surface area (Å²) in [6.07, 6.45) is -4.62. The number of alkyl halides is 3. The van der Waals surface area contributed by atoms with Gasteiger partial charge in [0.25, 0.3) is 0 Å². The number of urea groups is 1. The minimum absolute atomic E-state index is 0.181. The minimum Gasteiger partial charge on any atom is -0.464 e. The second kappa shape index (κ2) is 11.0. The molecule has 0 saturated carbocycles. The SMILES string of the molecule is COCCN(Cc1ccc(C)o1)C(=O)CN(C(=O)Nc1ccccc1C(F)(F)F)C(C)C. The second-order valence-corrected chi connectivity index (χ2v) is 7.52. The highest BCUT2D eigenvalue weighted by molar-refractivity contribution is 5.93. The number of carbonyl (C=O) groups excluding carboxylic acids is 2. The molecule has 32 heavy (non-hydrogen) atoms. The predicted molar refractivity (Wildman–Crippen MR) is 113 cm³/mol. The van der Waals surface area contributed by atoms with Crippen LogP contribution >= 0.6 is 0 Å². The van der Waals surface area contributed by atoms with E-state index in [0.29, 0.717) is 11.5 Å². The van der Waals surface area contributed by atoms with Crippen molar-refractivity contribution in [3.05, 3.63) is 53.5 Å². The van der Waals surface area contributed by atoms with Gasteiger partial charge in [0, 0.05) is 19.7 Å². The number of furan rings is 1. The van der Waals surface area contributed by atoms with Crippen molar-refractivity contribution in [1.82, 2.24) is 9.80 Å². The van der Waals surface area contributed by atoms with E-state index in [-0.39, 0.29) is 37.8 Å². The first-order valence-electron chi connectivity index (χ1n) is 10.1. The summed E-state index contributed by atoms with van der Waals surface area (Å²) in [5, 5.41) is 2.29. The van der Waals surface area contributed by atoms with Crippen molar-refractivity contribution in [2.45, 2.75) is 39.5 Å². The van der Waals surface area contributed by atoms with Crippen LogP contribution < -0.4 is 5.32 Å². The number of nitrogens with one attached hydrogen (secondary N) is 1. The smallest absolute Gasteiger partial charge is 0.418 e. The Morgan fingerprint density at radius 2 is 1.84 bits per heavy atom. The summed E-state index contributed by atoms with van der Waals surface area (Å²) in [6, 6.07) is 6.99. The van der Waals surface area contributed by atoms with Crippen LogP contribution in [0.15, 0.2) is 40.8 Å². The van der Waals surface area contributed by atoms with Crippen LogP contribution in [0.3, 0.4) is 0 Å². The number of hydrogen-bond donors (Lipinski definition) is 1. The van der Waals surface area contributed by atoms with Crippen LogP contribution in [0.5, 0.6) is 0 Å². The van der Waals surface area contributed by atoms with E-state index < -0.39 is 23.8 Å². The molecule has 0 saturated heterocycles. The van der Waals surface area contributed by atoms with E-state index in [4.69, 9.17) is 9.15 Å². The molecule has 0 unspecified atom stereocenters. The highest BCUT2D eigenvalue weighted by atomic mass is 19.4. The van der Waals surface area contributed by atoms with Crippen LogP contribution in [0.2, 0.25) is 0 Å². The molecule has 1 N–H and O–H groups in total. The molecule has 0 fully saturated rings. The average molecular weight is 455 g/mol. The summed E-state index contributed by atoms with van der Waals surface area (Å²) in [5.74, 6) is 0.890. The third-order valence-corrected chi connectivity index (χ3v) is 4.72. The van der Waals surface area contributed by atoms with E-state index in [1.807, 2.05) is 0 Å². The molecular formula is C22H28F3N3O4. The van der Waals surface area contributed by atoms with Crippen LogP contribution in [0.1, 0.15) is 30.9 Å². The van der Waals surface area contributed by atoms with Gasteiger partial charge in [0.05, 0.1) is 24.4 Å². The average Bonchev–Trinajstić information content (AvgIpc) is 3.13. The monoisotopic (exact) mass is 455 g/mol. The molecular weight excluding hydrogens is 427 g/mol. The van der Waals surface area contributed by atoms with E-state index in [0.717, 1.165) is 6.07 Å². The van der Waals surface area contributed by atoms with Gasteiger partial charge in [-0.3, -0.25) is 4.79 Å². The van der Waals surface area contributed by atoms with Crippen molar-refractivity contribution in [2.24, 2.45) is 0 Å². The zero-order valence-corrected chi connectivity index (χ0v) is 18.5. The van der Waals surface area contributed by atoms with Crippen molar-refractivity contribution in [3.8, 4) is 0 Å². The van der Waals surface area contributed by atoms with Gasteiger partial charge in [-0.25, -0.2) is 4.79 Å². The lowest BCUT2D eigenvalue weighted by Gasteiger charge is -2.30. The summed E-state index contributed by atoms with van der Waals surface area (Å²) >= 11 is 0. The number of aryl methyl sites for hydroxylation is 1. The first-order chi connectivity index (χ1) is 15.0. The number of hydrogen-bond acceptors (Lipinski definition) is 4. The zero-order chi connectivity index (χ0) is 23.9. The normalized spacial score (nSPS) is 11.5. The van der Waals surface area contributed by atoms with Crippen molar-refractivity contribution in [3.63, 3.8) is 0 Å². The van der Waals surface area contributed by atoms with E-state index in [1.165, 1.54) is 35.1 Å². The summed E-state index contributed by atoms with van der Waals surface area (Å²) in [5.41, 5.74) is -1.33. The Hall–Kier alpha value is -3.01. The Morgan fingerprint density at radius 3 is 2.41 bits per heavy atom. The fraction of sp³-hybridized carbons (Fsp3) is 0.455. The number of para-hydroxylation sites is 1. The third-order valence-electron chi connectivity index (χ3n) is 4.72. The molecule has 176 valence electrons. The Balaban J connectivity index is 2.16. The van der Waals surface area contributed by atoms with Gasteiger partial charge in [-0.15, -0.1) is 0 Å². The molecule has 0 atom stereocenters. The maximum atomic E-state index is 13.3. The third kappa shape index (κ3) is 7.01. The van der Waals surface area contributed by atoms with Crippen LogP contribution in [0, 0.1) is 6.92 Å². The first kappa shape index (κ1) is 25.3. The molecule has 2 rings (SSSR count). The van der Waals surface area contributed by atoms with Gasteiger partial charge in [0.15, 0.2) is 0 Å². The van der Waals surface area contributed by atoms with Crippen molar-refractivity contribution in [1.29, 1.82) is 0 Å². The fourth-order valence-corrected chi connectivity index (χ4v) is 3.01. The molecule has 0 bridgehead atoms. The molecule has 2 aromatic rings. The van der Waals surface area contributed by atoms with Crippen molar-refractivity contribution >= 4 is 17.6 Å². The van der Waals surface area contributed by atoms with Crippen LogP contribution in [0.4, 0.5) is 23.7 Å². The molecule has 0 aliphatic rings. The molecule has 0 aliphatic carbocycles. The summed E-state index contributed by atoms with van der Waals surface area (Å²) in [6.45, 7) is 5.55. The highest BCUT2D eigenvalue weighted by Crippen LogP contribution is 2.34. The van der Waals surface area contributed by atoms with E-state index in [1.54, 1.807) is 32.9 Å². The Kier molecular flexibility index (Phi) is 8.71. The number of rotatable bonds is 9. The Morgan fingerprint density at radius 1 is 1.16 bits per heavy atom. The van der Waals surface area contributed by atoms with E-state index in [9.17, 15) is 22.8 Å². The Bertz CT molecular complexity index is 912. The summed E-state index contributed by atoms with van der Waals surface area (Å²) in [7, 11) is 1.51. The Labute approximate surface area is 185 Å². The van der Waals surface area contributed by atoms with Crippen molar-refractivity contribution in [2.75, 3.05) is 32.1 Å². The van der Waals surface area contributed by atoms with Gasteiger partial charge in [-0.1, -0.05) is 12.1 Å². The van der Waals surface area contributed by atoms with Crippen LogP contribution in [-0.2, 0) is 22.3 Å². The lowest BCUT2D eigenvalue weighted by molar-refractivity contribution is -0.137. The molecule has 1 aromatic heterocycles. The number of halogens is 3. The zero-order valence-electron chi connectivity index (χ0n) is 18.5. The lowest BCUT2D eigenvalue weighted by Crippen LogP contribution is -2.48. The molecule has 0 aliphatic heterocycles. The number of amides is 3. The number of benzene rings is 1. The van der Waals surface area contributed by atoms with Gasteiger partial charge in [-0.05, 0) is 45.0 Å². The lowest BCUT2D eigenvalue weighted by atomic mass is 10.1. The summed E-state index contributed by atoms with van der Waals surface area (Å²) in [4.78, 5) is 28.4. The van der Waals surface area contributed by atoms with Gasteiger partial charge in [0.2, 0.25) is 5.91 Å². The van der Waals surface area contributed by atoms with Crippen LogP contribution in [-0.4, -0.2) is 54.6 Å². The maximum absolute atomic E-state index is 13.3. The number of carbonyl (C=O) groups is 2. The second-order valence-electron chi connectivity index (χ2n) is 7.52. The number of ether oxygens (including phenoxy) is 1. The molecule has 3 amide bonds. The topological polar surface area (TPSA) is 75.0 Å². The standard InChI is InChI=1S/C22H28F3N3O4/c1-15(2)28(21(30)26-19-8-6-5-7-18(19)22(23,24)25)14-20(29)27(11-12-31-4)13-17-10-9-16(3)32-17/h5-10,15H,11-14H2,1-4H3,(H,26,30). The molecule has 1 heterocycles. The quantitative estimate of drug-likeness (QED) is 0.603. The molecule has 7 nitrogen and oxygen atoms in total. The summed E-state index contributed by atoms with van der Waals surface area (Å²) < 4.78 is 50.4. The molecule has 0 radical (unpaired) electrons. The largest absolute Gasteiger partial charge is 0.464 e. The molecule has 10 heteroatoms. The van der Waals surface area contributed by atoms with Gasteiger partial charge in [0.1, 0.15) is 18.1 Å². The van der Waals surface area contributed by atoms with Gasteiger partial charge < -0.3 is 24.3 Å². The van der Waals surface area contributed by atoms with Gasteiger partial charge in [-0.2, -0.15) is 13.2 Å².